The summed E-state index contributed by atoms with van der Waals surface area (Å²) >= 11 is 0. The van der Waals surface area contributed by atoms with Crippen LogP contribution in [0, 0.1) is 0 Å². The summed E-state index contributed by atoms with van der Waals surface area (Å²) in [7, 11) is 0. The largest absolute Gasteiger partial charge is 0.255 e. The van der Waals surface area contributed by atoms with Crippen LogP contribution in [0.1, 0.15) is 50.7 Å². The Balaban J connectivity index is 2.05. The lowest BCUT2D eigenvalue weighted by Crippen LogP contribution is -1.87. The van der Waals surface area contributed by atoms with Crippen LogP contribution in [0.3, 0.4) is 0 Å². The molecule has 0 spiro atoms. The van der Waals surface area contributed by atoms with Gasteiger partial charge in [-0.2, -0.15) is 0 Å². The van der Waals surface area contributed by atoms with Gasteiger partial charge in [-0.15, -0.1) is 0 Å². The molecule has 24 heavy (non-hydrogen) atoms. The lowest BCUT2D eigenvalue weighted by Gasteiger charge is -2.04. The maximum Gasteiger partial charge on any atom is 0.0662 e. The predicted molar refractivity (Wildman–Crippen MR) is 106 cm³/mol. The van der Waals surface area contributed by atoms with E-state index in [1.807, 2.05) is 12.1 Å². The molecule has 0 aliphatic carbocycles. The zero-order chi connectivity index (χ0) is 17.0. The van der Waals surface area contributed by atoms with Crippen LogP contribution in [0.15, 0.2) is 58.5 Å². The number of aliphatic imine (C=N–C) groups is 2. The second-order valence-corrected chi connectivity index (χ2v) is 6.02. The molecule has 0 heterocycles. The molecule has 2 aromatic carbocycles. The predicted octanol–water partition coefficient (Wildman–Crippen LogP) is 6.48. The summed E-state index contributed by atoms with van der Waals surface area (Å²) in [5, 5.41) is 0. The molecule has 0 saturated carbocycles. The van der Waals surface area contributed by atoms with Gasteiger partial charge in [-0.1, -0.05) is 63.1 Å². The molecule has 0 atom stereocenters. The Morgan fingerprint density at radius 3 is 1.50 bits per heavy atom. The van der Waals surface area contributed by atoms with Crippen LogP contribution in [0.4, 0.5) is 11.4 Å². The summed E-state index contributed by atoms with van der Waals surface area (Å²) in [5.74, 6) is 0. The van der Waals surface area contributed by atoms with Crippen LogP contribution in [-0.4, -0.2) is 12.4 Å². The third-order valence-corrected chi connectivity index (χ3v) is 4.08. The average Bonchev–Trinajstić information content (AvgIpc) is 2.63. The smallest absolute Gasteiger partial charge is 0.0662 e. The first-order valence-electron chi connectivity index (χ1n) is 9.07. The number of rotatable bonds is 9. The van der Waals surface area contributed by atoms with E-state index in [0.717, 1.165) is 24.2 Å². The van der Waals surface area contributed by atoms with Crippen molar-refractivity contribution in [2.75, 3.05) is 0 Å². The standard InChI is InChI=1S/C22H28N2/c1-3-5-11-19-13-7-9-15-21(19)23-17-18-24-22-16-10-8-14-20(22)12-6-4-2/h7-10,13-18H,3-6,11-12H2,1-2H3/b23-17+,24-18+. The number of aryl methyl sites for hydroxylation is 2. The highest BCUT2D eigenvalue weighted by Gasteiger charge is 1.99. The fraction of sp³-hybridized carbons (Fsp3) is 0.364. The zero-order valence-corrected chi connectivity index (χ0v) is 14.9. The van der Waals surface area contributed by atoms with Gasteiger partial charge in [0.05, 0.1) is 11.4 Å². The molecule has 0 amide bonds. The van der Waals surface area contributed by atoms with Gasteiger partial charge in [0.2, 0.25) is 0 Å². The average molecular weight is 320 g/mol. The molecular weight excluding hydrogens is 292 g/mol. The summed E-state index contributed by atoms with van der Waals surface area (Å²) in [4.78, 5) is 9.18. The second-order valence-electron chi connectivity index (χ2n) is 6.02. The highest BCUT2D eigenvalue weighted by Crippen LogP contribution is 2.21. The molecule has 2 aromatic rings. The summed E-state index contributed by atoms with van der Waals surface area (Å²) < 4.78 is 0. The van der Waals surface area contributed by atoms with Gasteiger partial charge in [-0.25, -0.2) is 0 Å². The van der Waals surface area contributed by atoms with Crippen molar-refractivity contribution >= 4 is 23.8 Å². The molecule has 0 N–H and O–H groups in total. The van der Waals surface area contributed by atoms with Crippen molar-refractivity contribution < 1.29 is 0 Å². The van der Waals surface area contributed by atoms with Gasteiger partial charge in [-0.3, -0.25) is 9.98 Å². The number of hydrogen-bond acceptors (Lipinski definition) is 2. The Hall–Kier alpha value is -2.22. The van der Waals surface area contributed by atoms with Crippen molar-refractivity contribution in [3.8, 4) is 0 Å². The summed E-state index contributed by atoms with van der Waals surface area (Å²) in [6, 6.07) is 16.7. The van der Waals surface area contributed by atoms with Gasteiger partial charge in [0.15, 0.2) is 0 Å². The van der Waals surface area contributed by atoms with Crippen molar-refractivity contribution in [1.29, 1.82) is 0 Å². The molecule has 126 valence electrons. The normalized spacial score (nSPS) is 11.6. The highest BCUT2D eigenvalue weighted by molar-refractivity contribution is 6.17. The van der Waals surface area contributed by atoms with Crippen LogP contribution < -0.4 is 0 Å². The van der Waals surface area contributed by atoms with E-state index in [-0.39, 0.29) is 0 Å². The van der Waals surface area contributed by atoms with Crippen molar-refractivity contribution in [3.63, 3.8) is 0 Å². The molecule has 2 heteroatoms. The molecule has 2 rings (SSSR count). The topological polar surface area (TPSA) is 24.7 Å². The van der Waals surface area contributed by atoms with Crippen molar-refractivity contribution in [2.45, 2.75) is 52.4 Å². The van der Waals surface area contributed by atoms with Gasteiger partial charge in [0.25, 0.3) is 0 Å². The Morgan fingerprint density at radius 1 is 0.667 bits per heavy atom. The van der Waals surface area contributed by atoms with Crippen LogP contribution in [-0.2, 0) is 12.8 Å². The fourth-order valence-corrected chi connectivity index (χ4v) is 2.66. The van der Waals surface area contributed by atoms with Crippen LogP contribution in [0.25, 0.3) is 0 Å². The summed E-state index contributed by atoms with van der Waals surface area (Å²) in [6.07, 6.45) is 10.6. The molecule has 0 saturated heterocycles. The fourth-order valence-electron chi connectivity index (χ4n) is 2.66. The summed E-state index contributed by atoms with van der Waals surface area (Å²) in [6.45, 7) is 4.43. The number of hydrogen-bond donors (Lipinski definition) is 0. The quantitative estimate of drug-likeness (QED) is 0.473. The maximum atomic E-state index is 4.59. The van der Waals surface area contributed by atoms with E-state index < -0.39 is 0 Å². The number of para-hydroxylation sites is 2. The van der Waals surface area contributed by atoms with Gasteiger partial charge in [0, 0.05) is 12.4 Å². The Morgan fingerprint density at radius 2 is 1.08 bits per heavy atom. The Bertz CT molecular complexity index is 612. The molecular formula is C22H28N2. The maximum absolute atomic E-state index is 4.59. The van der Waals surface area contributed by atoms with Crippen molar-refractivity contribution in [3.05, 3.63) is 59.7 Å². The first-order chi connectivity index (χ1) is 11.8. The Kier molecular flexibility index (Phi) is 7.96. The van der Waals surface area contributed by atoms with E-state index in [2.05, 4.69) is 60.2 Å². The number of unbranched alkanes of at least 4 members (excludes halogenated alkanes) is 2. The molecule has 0 aliphatic rings. The molecule has 0 unspecified atom stereocenters. The number of benzene rings is 2. The Labute approximate surface area is 146 Å². The molecule has 0 radical (unpaired) electrons. The van der Waals surface area contributed by atoms with Gasteiger partial charge in [-0.05, 0) is 48.9 Å². The minimum absolute atomic E-state index is 1.05. The van der Waals surface area contributed by atoms with Gasteiger partial charge < -0.3 is 0 Å². The number of nitrogens with zero attached hydrogens (tertiary/aromatic N) is 2. The molecule has 0 fully saturated rings. The van der Waals surface area contributed by atoms with Gasteiger partial charge in [0.1, 0.15) is 0 Å². The monoisotopic (exact) mass is 320 g/mol. The van der Waals surface area contributed by atoms with E-state index in [4.69, 9.17) is 0 Å². The summed E-state index contributed by atoms with van der Waals surface area (Å²) in [5.41, 5.74) is 4.73. The van der Waals surface area contributed by atoms with E-state index in [1.165, 1.54) is 36.8 Å². The van der Waals surface area contributed by atoms with E-state index in [1.54, 1.807) is 12.4 Å². The third-order valence-electron chi connectivity index (χ3n) is 4.08. The molecule has 0 bridgehead atoms. The van der Waals surface area contributed by atoms with Crippen LogP contribution in [0.5, 0.6) is 0 Å². The van der Waals surface area contributed by atoms with Gasteiger partial charge >= 0.3 is 0 Å². The molecule has 0 aliphatic heterocycles. The lowest BCUT2D eigenvalue weighted by atomic mass is 10.1. The minimum Gasteiger partial charge on any atom is -0.255 e. The van der Waals surface area contributed by atoms with Crippen molar-refractivity contribution in [1.82, 2.24) is 0 Å². The van der Waals surface area contributed by atoms with E-state index in [0.29, 0.717) is 0 Å². The van der Waals surface area contributed by atoms with E-state index >= 15 is 0 Å². The first-order valence-corrected chi connectivity index (χ1v) is 9.07. The second kappa shape index (κ2) is 10.5. The molecule has 0 aromatic heterocycles. The molecule has 2 nitrogen and oxygen atoms in total. The lowest BCUT2D eigenvalue weighted by molar-refractivity contribution is 0.795. The van der Waals surface area contributed by atoms with E-state index in [9.17, 15) is 0 Å². The first kappa shape index (κ1) is 18.1. The highest BCUT2D eigenvalue weighted by atomic mass is 14.8. The van der Waals surface area contributed by atoms with Crippen LogP contribution >= 0.6 is 0 Å². The SMILES string of the molecule is CCCCc1ccccc1/N=C/C=N/c1ccccc1CCCC. The zero-order valence-electron chi connectivity index (χ0n) is 14.9. The minimum atomic E-state index is 1.05. The van der Waals surface area contributed by atoms with Crippen molar-refractivity contribution in [2.24, 2.45) is 9.98 Å². The third kappa shape index (κ3) is 5.77. The van der Waals surface area contributed by atoms with Crippen LogP contribution in [0.2, 0.25) is 0 Å².